The van der Waals surface area contributed by atoms with Crippen molar-refractivity contribution in [2.75, 3.05) is 18.5 Å². The average molecular weight is 505 g/mol. The maximum atomic E-state index is 13.2. The molecule has 1 saturated heterocycles. The Kier molecular flexibility index (Phi) is 7.72. The number of anilines is 2. The molecular formula is C21H18ClF5N4O3. The normalized spacial score (nSPS) is 17.1. The van der Waals surface area contributed by atoms with Gasteiger partial charge in [-0.3, -0.25) is 0 Å². The van der Waals surface area contributed by atoms with E-state index in [1.165, 1.54) is 0 Å². The number of nitrogens with one attached hydrogen (secondary N) is 2. The molecule has 34 heavy (non-hydrogen) atoms. The molecule has 1 aliphatic rings. The second-order valence-electron chi connectivity index (χ2n) is 7.29. The number of carboxylic acid groups (broad SMARTS) is 1. The zero-order chi connectivity index (χ0) is 24.9. The minimum atomic E-state index is -5.08. The van der Waals surface area contributed by atoms with Crippen molar-refractivity contribution in [1.82, 2.24) is 15.3 Å². The van der Waals surface area contributed by atoms with E-state index in [0.717, 1.165) is 16.5 Å². The van der Waals surface area contributed by atoms with E-state index in [1.807, 2.05) is 30.3 Å². The van der Waals surface area contributed by atoms with Crippen molar-refractivity contribution in [3.8, 4) is 5.75 Å². The van der Waals surface area contributed by atoms with Gasteiger partial charge in [-0.2, -0.15) is 13.2 Å². The third kappa shape index (κ3) is 7.12. The van der Waals surface area contributed by atoms with Crippen LogP contribution in [-0.2, 0) is 4.79 Å². The highest BCUT2D eigenvalue weighted by atomic mass is 35.5. The quantitative estimate of drug-likeness (QED) is 0.331. The molecule has 3 aromatic rings. The summed E-state index contributed by atoms with van der Waals surface area (Å²) in [5.74, 6) is -4.10. The number of benzene rings is 1. The number of halogens is 6. The van der Waals surface area contributed by atoms with Crippen LogP contribution in [0.3, 0.4) is 0 Å². The van der Waals surface area contributed by atoms with E-state index in [0.29, 0.717) is 16.7 Å². The maximum Gasteiger partial charge on any atom is 0.490 e. The van der Waals surface area contributed by atoms with Crippen LogP contribution in [0.5, 0.6) is 5.75 Å². The van der Waals surface area contributed by atoms with Gasteiger partial charge in [-0.25, -0.2) is 23.5 Å². The monoisotopic (exact) mass is 504 g/mol. The summed E-state index contributed by atoms with van der Waals surface area (Å²) < 4.78 is 63.9. The number of aromatic nitrogens is 2. The van der Waals surface area contributed by atoms with Gasteiger partial charge >= 0.3 is 12.1 Å². The first-order valence-corrected chi connectivity index (χ1v) is 10.1. The van der Waals surface area contributed by atoms with Crippen LogP contribution in [0, 0.1) is 0 Å². The third-order valence-electron chi connectivity index (χ3n) is 4.61. The fraction of sp³-hybridized carbons (Fsp3) is 0.286. The van der Waals surface area contributed by atoms with E-state index in [2.05, 4.69) is 20.6 Å². The SMILES string of the molecule is FC1(F)CN[C@@H](COc2ccc3c(Nc4ccc(Cl)nc4)nccc3c2)C1.O=C(O)C(F)(F)F. The van der Waals surface area contributed by atoms with Gasteiger partial charge in [0.05, 0.1) is 18.4 Å². The van der Waals surface area contributed by atoms with Crippen LogP contribution in [-0.4, -0.2) is 52.3 Å². The molecule has 2 aromatic heterocycles. The number of rotatable bonds is 5. The summed E-state index contributed by atoms with van der Waals surface area (Å²) in [6, 6.07) is 10.6. The largest absolute Gasteiger partial charge is 0.492 e. The van der Waals surface area contributed by atoms with E-state index in [1.54, 1.807) is 18.5 Å². The summed E-state index contributed by atoms with van der Waals surface area (Å²) in [5.41, 5.74) is 0.771. The predicted molar refractivity (Wildman–Crippen MR) is 115 cm³/mol. The van der Waals surface area contributed by atoms with Crippen molar-refractivity contribution >= 4 is 39.8 Å². The number of ether oxygens (including phenoxy) is 1. The van der Waals surface area contributed by atoms with Crippen molar-refractivity contribution in [2.24, 2.45) is 0 Å². The molecule has 1 aromatic carbocycles. The Hall–Kier alpha value is -3.25. The Labute approximate surface area is 194 Å². The summed E-state index contributed by atoms with van der Waals surface area (Å²) in [4.78, 5) is 17.3. The minimum absolute atomic E-state index is 0.201. The molecule has 0 amide bonds. The van der Waals surface area contributed by atoms with Crippen LogP contribution < -0.4 is 15.4 Å². The number of alkyl halides is 5. The van der Waals surface area contributed by atoms with Crippen LogP contribution in [0.1, 0.15) is 6.42 Å². The van der Waals surface area contributed by atoms with Gasteiger partial charge in [0.1, 0.15) is 23.3 Å². The Balaban J connectivity index is 0.000000406. The Bertz CT molecular complexity index is 1150. The minimum Gasteiger partial charge on any atom is -0.492 e. The number of carboxylic acids is 1. The zero-order valence-corrected chi connectivity index (χ0v) is 18.0. The second-order valence-corrected chi connectivity index (χ2v) is 7.68. The molecule has 1 fully saturated rings. The maximum absolute atomic E-state index is 13.2. The number of carbonyl (C=O) groups is 1. The molecule has 0 aliphatic carbocycles. The average Bonchev–Trinajstić information content (AvgIpc) is 3.12. The standard InChI is InChI=1S/C19H17ClF2N4O.C2HF3O2/c20-17-4-1-13(9-24-17)26-18-16-3-2-15(7-12(16)5-6-23-18)27-10-14-8-19(21,22)11-25-14;3-2(4,5)1(6)7/h1-7,9,14,25H,8,10-11H2,(H,23,26);(H,6,7)/t14-;/m1./s1. The lowest BCUT2D eigenvalue weighted by Gasteiger charge is -2.13. The number of hydrogen-bond donors (Lipinski definition) is 3. The van der Waals surface area contributed by atoms with Crippen LogP contribution in [0.25, 0.3) is 10.8 Å². The first kappa shape index (κ1) is 25.4. The predicted octanol–water partition coefficient (Wildman–Crippen LogP) is 5.04. The first-order chi connectivity index (χ1) is 15.9. The van der Waals surface area contributed by atoms with Crippen molar-refractivity contribution in [2.45, 2.75) is 24.6 Å². The summed E-state index contributed by atoms with van der Waals surface area (Å²) >= 11 is 5.81. The second kappa shape index (κ2) is 10.3. The lowest BCUT2D eigenvalue weighted by atomic mass is 10.1. The fourth-order valence-corrected chi connectivity index (χ4v) is 3.16. The summed E-state index contributed by atoms with van der Waals surface area (Å²) in [7, 11) is 0. The van der Waals surface area contributed by atoms with Gasteiger partial charge in [0.25, 0.3) is 5.92 Å². The molecule has 4 rings (SSSR count). The van der Waals surface area contributed by atoms with Crippen LogP contribution >= 0.6 is 11.6 Å². The summed E-state index contributed by atoms with van der Waals surface area (Å²) in [6.07, 6.45) is -1.96. The zero-order valence-electron chi connectivity index (χ0n) is 17.2. The fourth-order valence-electron chi connectivity index (χ4n) is 3.05. The molecule has 0 saturated carbocycles. The van der Waals surface area contributed by atoms with Gasteiger partial charge in [-0.15, -0.1) is 0 Å². The van der Waals surface area contributed by atoms with E-state index in [9.17, 15) is 22.0 Å². The van der Waals surface area contributed by atoms with Crippen LogP contribution in [0.2, 0.25) is 5.15 Å². The molecule has 0 bridgehead atoms. The lowest BCUT2D eigenvalue weighted by Crippen LogP contribution is -2.28. The van der Waals surface area contributed by atoms with Crippen molar-refractivity contribution in [3.05, 3.63) is 53.9 Å². The summed E-state index contributed by atoms with van der Waals surface area (Å²) in [5, 5.41) is 15.4. The van der Waals surface area contributed by atoms with Crippen LogP contribution in [0.15, 0.2) is 48.8 Å². The van der Waals surface area contributed by atoms with Crippen molar-refractivity contribution < 1.29 is 36.6 Å². The number of hydrogen-bond acceptors (Lipinski definition) is 6. The molecule has 3 heterocycles. The van der Waals surface area contributed by atoms with Crippen molar-refractivity contribution in [1.29, 1.82) is 0 Å². The Morgan fingerprint density at radius 2 is 1.97 bits per heavy atom. The molecule has 0 radical (unpaired) electrons. The van der Waals surface area contributed by atoms with E-state index in [-0.39, 0.29) is 25.6 Å². The number of nitrogens with zero attached hydrogens (tertiary/aromatic N) is 2. The van der Waals surface area contributed by atoms with Gasteiger partial charge < -0.3 is 20.5 Å². The molecule has 1 aliphatic heterocycles. The third-order valence-corrected chi connectivity index (χ3v) is 4.84. The smallest absolute Gasteiger partial charge is 0.490 e. The Morgan fingerprint density at radius 1 is 1.24 bits per heavy atom. The highest BCUT2D eigenvalue weighted by Crippen LogP contribution is 2.29. The molecule has 1 atom stereocenters. The highest BCUT2D eigenvalue weighted by molar-refractivity contribution is 6.29. The van der Waals surface area contributed by atoms with Gasteiger partial charge in [-0.1, -0.05) is 11.6 Å². The van der Waals surface area contributed by atoms with Gasteiger partial charge in [0, 0.05) is 24.0 Å². The molecule has 0 spiro atoms. The molecule has 0 unspecified atom stereocenters. The first-order valence-electron chi connectivity index (χ1n) is 9.74. The molecule has 182 valence electrons. The lowest BCUT2D eigenvalue weighted by molar-refractivity contribution is -0.192. The topological polar surface area (TPSA) is 96.4 Å². The highest BCUT2D eigenvalue weighted by Gasteiger charge is 2.39. The Morgan fingerprint density at radius 3 is 2.56 bits per heavy atom. The van der Waals surface area contributed by atoms with E-state index < -0.39 is 18.1 Å². The van der Waals surface area contributed by atoms with Gasteiger partial charge in [-0.05, 0) is 41.8 Å². The van der Waals surface area contributed by atoms with Gasteiger partial charge in [0.15, 0.2) is 0 Å². The molecule has 7 nitrogen and oxygen atoms in total. The van der Waals surface area contributed by atoms with Gasteiger partial charge in [0.2, 0.25) is 0 Å². The molecular weight excluding hydrogens is 487 g/mol. The molecule has 3 N–H and O–H groups in total. The molecule has 13 heteroatoms. The van der Waals surface area contributed by atoms with E-state index >= 15 is 0 Å². The summed E-state index contributed by atoms with van der Waals surface area (Å²) in [6.45, 7) is -0.0905. The number of fused-ring (bicyclic) bond motifs is 1. The van der Waals surface area contributed by atoms with Crippen LogP contribution in [0.4, 0.5) is 33.5 Å². The number of pyridine rings is 2. The number of aliphatic carboxylic acids is 1. The van der Waals surface area contributed by atoms with E-state index in [4.69, 9.17) is 26.2 Å². The van der Waals surface area contributed by atoms with Crippen molar-refractivity contribution in [3.63, 3.8) is 0 Å².